The smallest absolute Gasteiger partial charge is 0.482 e. The number of benzene rings is 4. The second-order valence-corrected chi connectivity index (χ2v) is 11.5. The summed E-state index contributed by atoms with van der Waals surface area (Å²) < 4.78 is 53.2. The summed E-state index contributed by atoms with van der Waals surface area (Å²) in [6.45, 7) is -0.278. The third-order valence-corrected chi connectivity index (χ3v) is 8.94. The predicted octanol–water partition coefficient (Wildman–Crippen LogP) is 8.07. The maximum Gasteiger partial charge on any atom is 0.573 e. The third-order valence-electron chi connectivity index (χ3n) is 6.71. The molecule has 0 spiro atoms. The summed E-state index contributed by atoms with van der Waals surface area (Å²) in [6, 6.07) is 33.8. The molecule has 0 aromatic heterocycles. The predicted molar refractivity (Wildman–Crippen MR) is 146 cm³/mol. The van der Waals surface area contributed by atoms with Gasteiger partial charge in [-0.3, -0.25) is 0 Å². The summed E-state index contributed by atoms with van der Waals surface area (Å²) in [7, 11) is -0.292. The van der Waals surface area contributed by atoms with E-state index in [2.05, 4.69) is 29.0 Å². The van der Waals surface area contributed by atoms with Gasteiger partial charge in [0, 0.05) is 0 Å². The van der Waals surface area contributed by atoms with Crippen molar-refractivity contribution < 1.29 is 32.2 Å². The Kier molecular flexibility index (Phi) is 8.35. The Hall–Kier alpha value is -3.91. The van der Waals surface area contributed by atoms with Crippen LogP contribution in [-0.4, -0.2) is 18.9 Å². The monoisotopic (exact) mass is 565 g/mol. The van der Waals surface area contributed by atoms with Crippen LogP contribution >= 0.6 is 0 Å². The standard InChI is InChI=1S/C32H28F3O4S/c33-32(34,35)38-26-15-13-24(14-16-26)31(21-7-8-22-31)39-30(36)23-37-25-17-19-29(20-18-25)40(27-9-3-1-4-10-27)28-11-5-2-6-12-28/h1-6,9-20H,7-8,21-23H2/q+1. The molecule has 0 saturated heterocycles. The van der Waals surface area contributed by atoms with Crippen LogP contribution in [0.25, 0.3) is 0 Å². The van der Waals surface area contributed by atoms with Crippen molar-refractivity contribution in [3.05, 3.63) is 115 Å². The van der Waals surface area contributed by atoms with Crippen molar-refractivity contribution in [2.24, 2.45) is 0 Å². The van der Waals surface area contributed by atoms with Crippen LogP contribution in [0.5, 0.6) is 11.5 Å². The molecule has 0 atom stereocenters. The van der Waals surface area contributed by atoms with Crippen LogP contribution in [0.4, 0.5) is 13.2 Å². The van der Waals surface area contributed by atoms with Gasteiger partial charge in [-0.25, -0.2) is 4.79 Å². The molecule has 0 aliphatic heterocycles. The number of halogens is 3. The number of rotatable bonds is 9. The van der Waals surface area contributed by atoms with E-state index >= 15 is 0 Å². The fourth-order valence-corrected chi connectivity index (χ4v) is 7.02. The highest BCUT2D eigenvalue weighted by atomic mass is 32.2. The molecular formula is C32H28F3O4S+. The fraction of sp³-hybridized carbons (Fsp3) is 0.219. The molecule has 5 rings (SSSR count). The summed E-state index contributed by atoms with van der Waals surface area (Å²) in [5, 5.41) is 0. The number of esters is 1. The van der Waals surface area contributed by atoms with Gasteiger partial charge >= 0.3 is 12.3 Å². The van der Waals surface area contributed by atoms with Crippen LogP contribution in [0.3, 0.4) is 0 Å². The lowest BCUT2D eigenvalue weighted by molar-refractivity contribution is -0.274. The first-order valence-corrected chi connectivity index (χ1v) is 14.2. The molecule has 0 bridgehead atoms. The molecule has 1 saturated carbocycles. The normalized spacial score (nSPS) is 14.6. The zero-order valence-corrected chi connectivity index (χ0v) is 22.4. The molecule has 0 heterocycles. The summed E-state index contributed by atoms with van der Waals surface area (Å²) in [5.74, 6) is -0.306. The van der Waals surface area contributed by atoms with E-state index < -0.39 is 17.9 Å². The minimum absolute atomic E-state index is 0.278. The lowest BCUT2D eigenvalue weighted by Crippen LogP contribution is -2.31. The van der Waals surface area contributed by atoms with Gasteiger partial charge in [0.25, 0.3) is 0 Å². The molecule has 1 fully saturated rings. The Morgan fingerprint density at radius 2 is 1.20 bits per heavy atom. The Labute approximate surface area is 234 Å². The van der Waals surface area contributed by atoms with Gasteiger partial charge in [-0.15, -0.1) is 13.2 Å². The van der Waals surface area contributed by atoms with Gasteiger partial charge in [0.2, 0.25) is 0 Å². The van der Waals surface area contributed by atoms with Crippen molar-refractivity contribution in [2.45, 2.75) is 52.3 Å². The van der Waals surface area contributed by atoms with E-state index in [1.165, 1.54) is 34.1 Å². The van der Waals surface area contributed by atoms with Crippen molar-refractivity contribution >= 4 is 16.9 Å². The van der Waals surface area contributed by atoms with Gasteiger partial charge in [0.15, 0.2) is 21.3 Å². The lowest BCUT2D eigenvalue weighted by atomic mass is 9.92. The summed E-state index contributed by atoms with van der Waals surface area (Å²) >= 11 is 0. The van der Waals surface area contributed by atoms with Crippen LogP contribution in [0.1, 0.15) is 31.2 Å². The average Bonchev–Trinajstić information content (AvgIpc) is 3.43. The molecule has 1 aliphatic rings. The Morgan fingerprint density at radius 3 is 1.73 bits per heavy atom. The maximum atomic E-state index is 12.8. The minimum Gasteiger partial charge on any atom is -0.482 e. The van der Waals surface area contributed by atoms with Crippen LogP contribution in [-0.2, 0) is 26.0 Å². The van der Waals surface area contributed by atoms with Crippen molar-refractivity contribution in [3.8, 4) is 11.5 Å². The van der Waals surface area contributed by atoms with Crippen molar-refractivity contribution in [1.29, 1.82) is 0 Å². The highest BCUT2D eigenvalue weighted by Crippen LogP contribution is 2.43. The van der Waals surface area contributed by atoms with Crippen LogP contribution in [0, 0.1) is 0 Å². The highest BCUT2D eigenvalue weighted by Gasteiger charge is 2.40. The van der Waals surface area contributed by atoms with Gasteiger partial charge in [0.05, 0.1) is 10.9 Å². The molecular weight excluding hydrogens is 537 g/mol. The maximum absolute atomic E-state index is 12.8. The van der Waals surface area contributed by atoms with E-state index in [1.54, 1.807) is 0 Å². The van der Waals surface area contributed by atoms with Crippen LogP contribution in [0.15, 0.2) is 124 Å². The first-order chi connectivity index (χ1) is 19.3. The van der Waals surface area contributed by atoms with Gasteiger partial charge in [-0.05, 0) is 91.9 Å². The number of hydrogen-bond donors (Lipinski definition) is 0. The zero-order chi connectivity index (χ0) is 28.0. The first kappa shape index (κ1) is 27.6. The second kappa shape index (κ2) is 12.1. The van der Waals surface area contributed by atoms with E-state index in [0.717, 1.165) is 17.7 Å². The van der Waals surface area contributed by atoms with Crippen molar-refractivity contribution in [3.63, 3.8) is 0 Å². The molecule has 0 N–H and O–H groups in total. The molecule has 4 aromatic carbocycles. The highest BCUT2D eigenvalue weighted by molar-refractivity contribution is 7.97. The molecule has 4 aromatic rings. The molecule has 4 nitrogen and oxygen atoms in total. The molecule has 0 amide bonds. The number of carbonyl (C=O) groups is 1. The Bertz CT molecular complexity index is 1350. The SMILES string of the molecule is O=C(COc1ccc([S+](c2ccccc2)c2ccccc2)cc1)OC1(c2ccc(OC(F)(F)F)cc2)CCCC1. The van der Waals surface area contributed by atoms with Crippen molar-refractivity contribution in [1.82, 2.24) is 0 Å². The Morgan fingerprint density at radius 1 is 0.700 bits per heavy atom. The number of ether oxygens (including phenoxy) is 3. The van der Waals surface area contributed by atoms with Gasteiger partial charge < -0.3 is 14.2 Å². The van der Waals surface area contributed by atoms with E-state index in [9.17, 15) is 18.0 Å². The number of carbonyl (C=O) groups excluding carboxylic acids is 1. The van der Waals surface area contributed by atoms with Crippen molar-refractivity contribution in [2.75, 3.05) is 6.61 Å². The quantitative estimate of drug-likeness (QED) is 0.152. The topological polar surface area (TPSA) is 44.8 Å². The molecule has 40 heavy (non-hydrogen) atoms. The summed E-state index contributed by atoms with van der Waals surface area (Å²) in [4.78, 5) is 16.4. The third kappa shape index (κ3) is 6.80. The molecule has 0 radical (unpaired) electrons. The van der Waals surface area contributed by atoms with E-state index in [4.69, 9.17) is 9.47 Å². The van der Waals surface area contributed by atoms with E-state index in [1.807, 2.05) is 60.7 Å². The van der Waals surface area contributed by atoms with Gasteiger partial charge in [-0.1, -0.05) is 48.5 Å². The van der Waals surface area contributed by atoms with E-state index in [0.29, 0.717) is 24.2 Å². The van der Waals surface area contributed by atoms with E-state index in [-0.39, 0.29) is 23.3 Å². The number of alkyl halides is 3. The average molecular weight is 566 g/mol. The number of hydrogen-bond acceptors (Lipinski definition) is 4. The minimum atomic E-state index is -4.76. The summed E-state index contributed by atoms with van der Waals surface area (Å²) in [5.41, 5.74) is -0.244. The lowest BCUT2D eigenvalue weighted by Gasteiger charge is -2.30. The van der Waals surface area contributed by atoms with Gasteiger partial charge in [0.1, 0.15) is 17.1 Å². The summed E-state index contributed by atoms with van der Waals surface area (Å²) in [6.07, 6.45) is -1.89. The Balaban J connectivity index is 1.24. The zero-order valence-electron chi connectivity index (χ0n) is 21.6. The molecule has 0 unspecified atom stereocenters. The molecule has 8 heteroatoms. The van der Waals surface area contributed by atoms with Crippen LogP contribution < -0.4 is 9.47 Å². The second-order valence-electron chi connectivity index (χ2n) is 9.44. The van der Waals surface area contributed by atoms with Gasteiger partial charge in [-0.2, -0.15) is 0 Å². The molecule has 1 aliphatic carbocycles. The fourth-order valence-electron chi connectivity index (χ4n) is 4.94. The van der Waals surface area contributed by atoms with Crippen LogP contribution in [0.2, 0.25) is 0 Å². The first-order valence-electron chi connectivity index (χ1n) is 13.0. The molecule has 206 valence electrons. The largest absolute Gasteiger partial charge is 0.573 e.